The summed E-state index contributed by atoms with van der Waals surface area (Å²) in [5.74, 6) is -0.491. The number of nitro benzene ring substituents is 3. The summed E-state index contributed by atoms with van der Waals surface area (Å²) >= 11 is 0. The van der Waals surface area contributed by atoms with Gasteiger partial charge in [0, 0.05) is 36.4 Å². The molecule has 3 aromatic rings. The molecule has 188 valence electrons. The van der Waals surface area contributed by atoms with Crippen molar-refractivity contribution in [3.8, 4) is 17.2 Å². The summed E-state index contributed by atoms with van der Waals surface area (Å²) in [6.45, 7) is 0. The van der Waals surface area contributed by atoms with E-state index in [1.807, 2.05) is 0 Å². The van der Waals surface area contributed by atoms with Crippen molar-refractivity contribution in [1.29, 1.82) is 0 Å². The second-order valence-electron chi connectivity index (χ2n) is 6.80. The van der Waals surface area contributed by atoms with Crippen molar-refractivity contribution in [2.24, 2.45) is 4.13 Å². The predicted molar refractivity (Wildman–Crippen MR) is 125 cm³/mol. The molecule has 0 aliphatic carbocycles. The van der Waals surface area contributed by atoms with Crippen LogP contribution in [0.1, 0.15) is 0 Å². The highest BCUT2D eigenvalue weighted by molar-refractivity contribution is 7.91. The van der Waals surface area contributed by atoms with E-state index in [2.05, 4.69) is 4.13 Å². The first-order chi connectivity index (χ1) is 16.9. The molecule has 0 heterocycles. The molecule has 0 amide bonds. The van der Waals surface area contributed by atoms with E-state index in [9.17, 15) is 39.1 Å². The van der Waals surface area contributed by atoms with Crippen molar-refractivity contribution >= 4 is 34.8 Å². The number of hydrogen-bond donors (Lipinski definition) is 0. The minimum Gasteiger partial charge on any atom is -0.399 e. The normalized spacial score (nSPS) is 12.6. The summed E-state index contributed by atoms with van der Waals surface area (Å²) in [7, 11) is -8.58. The maximum Gasteiger partial charge on any atom is 0.574 e. The van der Waals surface area contributed by atoms with Gasteiger partial charge in [-0.2, -0.15) is 0 Å². The summed E-state index contributed by atoms with van der Waals surface area (Å²) in [6, 6.07) is 13.1. The third-order valence-electron chi connectivity index (χ3n) is 4.08. The lowest BCUT2D eigenvalue weighted by molar-refractivity contribution is -0.385. The van der Waals surface area contributed by atoms with Crippen LogP contribution in [0.15, 0.2) is 76.9 Å². The Kier molecular flexibility index (Phi) is 7.50. The highest BCUT2D eigenvalue weighted by atomic mass is 32.2. The summed E-state index contributed by atoms with van der Waals surface area (Å²) in [5.41, 5.74) is -0.826. The van der Waals surface area contributed by atoms with Crippen LogP contribution in [0.2, 0.25) is 0 Å². The molecule has 15 nitrogen and oxygen atoms in total. The number of benzene rings is 3. The molecule has 0 radical (unpaired) electrons. The smallest absolute Gasteiger partial charge is 0.399 e. The van der Waals surface area contributed by atoms with Crippen LogP contribution in [-0.2, 0) is 14.6 Å². The summed E-state index contributed by atoms with van der Waals surface area (Å²) in [4.78, 5) is 30.5. The van der Waals surface area contributed by atoms with Gasteiger partial charge in [-0.15, -0.1) is 0 Å². The van der Waals surface area contributed by atoms with E-state index in [-0.39, 0.29) is 34.3 Å². The van der Waals surface area contributed by atoms with E-state index < -0.39 is 32.5 Å². The van der Waals surface area contributed by atoms with Gasteiger partial charge in [0.15, 0.2) is 0 Å². The lowest BCUT2D eigenvalue weighted by Gasteiger charge is -2.17. The Balaban J connectivity index is 1.96. The van der Waals surface area contributed by atoms with E-state index in [1.165, 1.54) is 0 Å². The van der Waals surface area contributed by atoms with E-state index in [0.29, 0.717) is 0 Å². The fourth-order valence-electron chi connectivity index (χ4n) is 2.58. The van der Waals surface area contributed by atoms with Crippen molar-refractivity contribution in [1.82, 2.24) is 0 Å². The molecule has 36 heavy (non-hydrogen) atoms. The molecule has 3 aromatic carbocycles. The molecule has 0 unspecified atom stereocenters. The fourth-order valence-corrected chi connectivity index (χ4v) is 5.71. The average Bonchev–Trinajstić information content (AvgIpc) is 2.79. The quantitative estimate of drug-likeness (QED) is 0.189. The molecule has 0 aliphatic rings. The molecule has 0 aromatic heterocycles. The Morgan fingerprint density at radius 2 is 0.972 bits per heavy atom. The second kappa shape index (κ2) is 10.4. The molecule has 0 bridgehead atoms. The molecule has 0 saturated carbocycles. The maximum absolute atomic E-state index is 13.5. The molecule has 0 spiro atoms. The van der Waals surface area contributed by atoms with Crippen LogP contribution in [0, 0.1) is 30.3 Å². The first-order valence-electron chi connectivity index (χ1n) is 9.51. The van der Waals surface area contributed by atoms with Gasteiger partial charge in [0.1, 0.15) is 17.2 Å². The van der Waals surface area contributed by atoms with Gasteiger partial charge in [-0.3, -0.25) is 30.3 Å². The zero-order valence-corrected chi connectivity index (χ0v) is 19.8. The van der Waals surface area contributed by atoms with Gasteiger partial charge in [-0.05, 0) is 36.4 Å². The van der Waals surface area contributed by atoms with Gasteiger partial charge in [-0.25, -0.2) is 8.77 Å². The van der Waals surface area contributed by atoms with Crippen LogP contribution >= 0.6 is 7.75 Å². The third-order valence-corrected chi connectivity index (χ3v) is 7.45. The van der Waals surface area contributed by atoms with Crippen LogP contribution < -0.4 is 13.2 Å². The van der Waals surface area contributed by atoms with E-state index >= 15 is 0 Å². The standard InChI is InChI=1S/C19H15N4O11PS/c1-36(31,34-19-12-6-16(7-13-19)23(28)29)20-35(30,32-17-8-2-14(3-9-17)21(24)25)33-18-10-4-15(5-11-18)22(26)27/h2-13H,1H3/t36-/m1/s1. The van der Waals surface area contributed by atoms with Gasteiger partial charge >= 0.3 is 7.75 Å². The molecular weight excluding hydrogens is 523 g/mol. The largest absolute Gasteiger partial charge is 0.574 e. The molecule has 3 rings (SSSR count). The minimum absolute atomic E-state index is 0.103. The number of rotatable bonds is 10. The monoisotopic (exact) mass is 538 g/mol. The lowest BCUT2D eigenvalue weighted by atomic mass is 10.3. The minimum atomic E-state index is -4.75. The Labute approximate surface area is 202 Å². The van der Waals surface area contributed by atoms with Crippen LogP contribution in [-0.4, -0.2) is 25.2 Å². The Morgan fingerprint density at radius 1 is 0.667 bits per heavy atom. The number of nitrogens with zero attached hydrogens (tertiary/aromatic N) is 4. The van der Waals surface area contributed by atoms with Crippen LogP contribution in [0.25, 0.3) is 0 Å². The van der Waals surface area contributed by atoms with Gasteiger partial charge in [0.25, 0.3) is 17.1 Å². The van der Waals surface area contributed by atoms with Crippen LogP contribution in [0.4, 0.5) is 17.1 Å². The van der Waals surface area contributed by atoms with E-state index in [1.54, 1.807) is 0 Å². The predicted octanol–water partition coefficient (Wildman–Crippen LogP) is 5.07. The Morgan fingerprint density at radius 3 is 1.28 bits per heavy atom. The first-order valence-corrected chi connectivity index (χ1v) is 12.9. The average molecular weight is 538 g/mol. The van der Waals surface area contributed by atoms with Gasteiger partial charge in [0.2, 0.25) is 10.0 Å². The second-order valence-corrected chi connectivity index (χ2v) is 10.4. The summed E-state index contributed by atoms with van der Waals surface area (Å²) < 4.78 is 46.0. The summed E-state index contributed by atoms with van der Waals surface area (Å²) in [5, 5.41) is 32.5. The molecule has 0 saturated heterocycles. The lowest BCUT2D eigenvalue weighted by Crippen LogP contribution is -2.09. The van der Waals surface area contributed by atoms with Crippen LogP contribution in [0.5, 0.6) is 17.2 Å². The van der Waals surface area contributed by atoms with Crippen molar-refractivity contribution in [2.75, 3.05) is 6.26 Å². The SMILES string of the molecule is C[S@](=O)(=NP(=O)(Oc1ccc([N+](=O)[O-])cc1)Oc1ccc([N+](=O)[O-])cc1)Oc1ccc([N+](=O)[O-])cc1. The highest BCUT2D eigenvalue weighted by Gasteiger charge is 2.32. The highest BCUT2D eigenvalue weighted by Crippen LogP contribution is 2.51. The summed E-state index contributed by atoms with van der Waals surface area (Å²) in [6.07, 6.45) is 0.958. The van der Waals surface area contributed by atoms with Crippen molar-refractivity contribution < 1.29 is 36.8 Å². The molecule has 0 aliphatic heterocycles. The van der Waals surface area contributed by atoms with Crippen molar-refractivity contribution in [3.63, 3.8) is 0 Å². The Bertz CT molecular complexity index is 1410. The molecule has 0 N–H and O–H groups in total. The molecule has 1 atom stereocenters. The van der Waals surface area contributed by atoms with E-state index in [0.717, 1.165) is 79.1 Å². The molecule has 0 fully saturated rings. The number of non-ortho nitro benzene ring substituents is 3. The zero-order chi connectivity index (χ0) is 26.5. The van der Waals surface area contributed by atoms with Gasteiger partial charge in [-0.1, -0.05) is 4.13 Å². The van der Waals surface area contributed by atoms with Crippen molar-refractivity contribution in [3.05, 3.63) is 103 Å². The number of nitro groups is 3. The zero-order valence-electron chi connectivity index (χ0n) is 18.1. The Hall–Kier alpha value is -4.56. The first kappa shape index (κ1) is 26.1. The topological polar surface area (TPSA) is 204 Å². The van der Waals surface area contributed by atoms with Crippen LogP contribution in [0.3, 0.4) is 0 Å². The van der Waals surface area contributed by atoms with Gasteiger partial charge in [0.05, 0.1) is 21.0 Å². The maximum atomic E-state index is 13.5. The third kappa shape index (κ3) is 6.97. The molecular formula is C19H15N4O11PS. The number of hydrogen-bond acceptors (Lipinski definition) is 11. The van der Waals surface area contributed by atoms with E-state index in [4.69, 9.17) is 13.2 Å². The molecule has 17 heteroatoms. The fraction of sp³-hybridized carbons (Fsp3) is 0.0526. The van der Waals surface area contributed by atoms with Gasteiger partial charge < -0.3 is 13.2 Å². The van der Waals surface area contributed by atoms with Crippen molar-refractivity contribution in [2.45, 2.75) is 0 Å².